The maximum Gasteiger partial charge on any atom is 0.107 e. The highest BCUT2D eigenvalue weighted by atomic mass is 15.1. The smallest absolute Gasteiger partial charge is 0.107 e. The third-order valence-corrected chi connectivity index (χ3v) is 2.96. The van der Waals surface area contributed by atoms with Gasteiger partial charge in [0.25, 0.3) is 0 Å². The summed E-state index contributed by atoms with van der Waals surface area (Å²) >= 11 is 0. The summed E-state index contributed by atoms with van der Waals surface area (Å²) in [5.41, 5.74) is 4.23. The lowest BCUT2D eigenvalue weighted by atomic mass is 10.1. The fourth-order valence-corrected chi connectivity index (χ4v) is 1.86. The molecule has 0 aliphatic rings. The normalized spacial score (nSPS) is 10.6. The highest BCUT2D eigenvalue weighted by molar-refractivity contribution is 5.87. The number of hydrogen-bond donors (Lipinski definition) is 4. The van der Waals surface area contributed by atoms with Crippen LogP contribution in [0.1, 0.15) is 19.4 Å². The Morgan fingerprint density at radius 1 is 1.35 bits per heavy atom. The van der Waals surface area contributed by atoms with E-state index in [-0.39, 0.29) is 0 Å². The van der Waals surface area contributed by atoms with Crippen molar-refractivity contribution in [1.82, 2.24) is 15.2 Å². The second-order valence-corrected chi connectivity index (χ2v) is 4.98. The van der Waals surface area contributed by atoms with Crippen molar-refractivity contribution in [2.75, 3.05) is 24.2 Å². The fourth-order valence-electron chi connectivity index (χ4n) is 1.86. The molecule has 2 rings (SSSR count). The zero-order valence-electron chi connectivity index (χ0n) is 12.0. The molecule has 6 nitrogen and oxygen atoms in total. The van der Waals surface area contributed by atoms with E-state index in [1.165, 1.54) is 6.21 Å². The largest absolute Gasteiger partial charge is 0.385 e. The van der Waals surface area contributed by atoms with Crippen LogP contribution in [-0.2, 0) is 0 Å². The molecule has 0 amide bonds. The number of pyridine rings is 1. The Morgan fingerprint density at radius 3 is 2.80 bits per heavy atom. The van der Waals surface area contributed by atoms with E-state index in [9.17, 15) is 0 Å². The molecule has 0 saturated heterocycles. The van der Waals surface area contributed by atoms with Crippen LogP contribution in [0.4, 0.5) is 11.4 Å². The first kappa shape index (κ1) is 14.0. The summed E-state index contributed by atoms with van der Waals surface area (Å²) in [6.45, 7) is 5.15. The Balaban J connectivity index is 2.36. The van der Waals surface area contributed by atoms with Gasteiger partial charge < -0.3 is 16.0 Å². The second-order valence-electron chi connectivity index (χ2n) is 4.98. The standard InChI is InChI=1S/C14H20N6/c1-9(2)6-17-11-4-12(18-7-10(11)5-15)14-13(16-3)8-19-20-14/h4-5,7-9,15-16H,6H2,1-3H3,(H,17,18)(H,19,20). The molecule has 2 heterocycles. The molecule has 0 aliphatic heterocycles. The van der Waals surface area contributed by atoms with Crippen molar-refractivity contribution in [3.8, 4) is 11.4 Å². The van der Waals surface area contributed by atoms with Crippen molar-refractivity contribution in [3.05, 3.63) is 24.0 Å². The van der Waals surface area contributed by atoms with Crippen LogP contribution in [0.25, 0.3) is 11.4 Å². The van der Waals surface area contributed by atoms with Gasteiger partial charge in [-0.15, -0.1) is 0 Å². The van der Waals surface area contributed by atoms with E-state index in [0.717, 1.165) is 34.9 Å². The van der Waals surface area contributed by atoms with Crippen molar-refractivity contribution in [1.29, 1.82) is 5.41 Å². The van der Waals surface area contributed by atoms with Crippen molar-refractivity contribution >= 4 is 17.6 Å². The minimum Gasteiger partial charge on any atom is -0.385 e. The predicted molar refractivity (Wildman–Crippen MR) is 82.6 cm³/mol. The van der Waals surface area contributed by atoms with Gasteiger partial charge in [-0.2, -0.15) is 5.10 Å². The SMILES string of the molecule is CNc1cn[nH]c1-c1cc(NCC(C)C)c(C=N)cn1. The van der Waals surface area contributed by atoms with E-state index >= 15 is 0 Å². The van der Waals surface area contributed by atoms with E-state index < -0.39 is 0 Å². The quantitative estimate of drug-likeness (QED) is 0.608. The van der Waals surface area contributed by atoms with Crippen molar-refractivity contribution in [2.45, 2.75) is 13.8 Å². The Bertz CT molecular complexity index is 587. The fraction of sp³-hybridized carbons (Fsp3) is 0.357. The number of nitrogens with one attached hydrogen (secondary N) is 4. The van der Waals surface area contributed by atoms with Gasteiger partial charge >= 0.3 is 0 Å². The third kappa shape index (κ3) is 2.96. The first-order valence-electron chi connectivity index (χ1n) is 6.61. The molecule has 0 radical (unpaired) electrons. The van der Waals surface area contributed by atoms with E-state index in [1.54, 1.807) is 12.4 Å². The van der Waals surface area contributed by atoms with Gasteiger partial charge in [0.2, 0.25) is 0 Å². The summed E-state index contributed by atoms with van der Waals surface area (Å²) < 4.78 is 0. The lowest BCUT2D eigenvalue weighted by Crippen LogP contribution is -2.10. The van der Waals surface area contributed by atoms with E-state index in [2.05, 4.69) is 39.7 Å². The molecule has 0 atom stereocenters. The van der Waals surface area contributed by atoms with Crippen LogP contribution in [0.5, 0.6) is 0 Å². The molecule has 0 saturated carbocycles. The number of rotatable bonds is 6. The number of aromatic nitrogens is 3. The van der Waals surface area contributed by atoms with Crippen molar-refractivity contribution in [2.24, 2.45) is 5.92 Å². The third-order valence-electron chi connectivity index (χ3n) is 2.96. The molecule has 2 aromatic heterocycles. The molecular weight excluding hydrogens is 252 g/mol. The maximum absolute atomic E-state index is 7.46. The maximum atomic E-state index is 7.46. The van der Waals surface area contributed by atoms with Gasteiger partial charge in [-0.25, -0.2) is 0 Å². The summed E-state index contributed by atoms with van der Waals surface area (Å²) in [4.78, 5) is 4.39. The van der Waals surface area contributed by atoms with Gasteiger partial charge in [0.1, 0.15) is 5.69 Å². The lowest BCUT2D eigenvalue weighted by molar-refractivity contribution is 0.689. The van der Waals surface area contributed by atoms with E-state index in [4.69, 9.17) is 5.41 Å². The van der Waals surface area contributed by atoms with Crippen LogP contribution in [0, 0.1) is 11.3 Å². The molecule has 2 aromatic rings. The Morgan fingerprint density at radius 2 is 2.15 bits per heavy atom. The number of nitrogens with zero attached hydrogens (tertiary/aromatic N) is 2. The van der Waals surface area contributed by atoms with Crippen LogP contribution in [0.2, 0.25) is 0 Å². The molecule has 0 fully saturated rings. The van der Waals surface area contributed by atoms with Crippen LogP contribution in [-0.4, -0.2) is 35.0 Å². The zero-order valence-corrected chi connectivity index (χ0v) is 12.0. The van der Waals surface area contributed by atoms with Crippen LogP contribution in [0.15, 0.2) is 18.5 Å². The van der Waals surface area contributed by atoms with Crippen molar-refractivity contribution in [3.63, 3.8) is 0 Å². The summed E-state index contributed by atoms with van der Waals surface area (Å²) in [6.07, 6.45) is 4.74. The Kier molecular flexibility index (Phi) is 4.34. The minimum absolute atomic E-state index is 0.533. The predicted octanol–water partition coefficient (Wildman–Crippen LogP) is 2.58. The Labute approximate surface area is 118 Å². The summed E-state index contributed by atoms with van der Waals surface area (Å²) in [6, 6.07) is 1.94. The molecule has 0 bridgehead atoms. The van der Waals surface area contributed by atoms with E-state index in [1.807, 2.05) is 13.1 Å². The average molecular weight is 272 g/mol. The zero-order chi connectivity index (χ0) is 14.5. The highest BCUT2D eigenvalue weighted by Crippen LogP contribution is 2.26. The average Bonchev–Trinajstić information content (AvgIpc) is 2.93. The first-order chi connectivity index (χ1) is 9.65. The summed E-state index contributed by atoms with van der Waals surface area (Å²) in [5, 5.41) is 20.9. The number of H-pyrrole nitrogens is 1. The minimum atomic E-state index is 0.533. The van der Waals surface area contributed by atoms with Gasteiger partial charge in [-0.3, -0.25) is 10.1 Å². The molecule has 106 valence electrons. The highest BCUT2D eigenvalue weighted by Gasteiger charge is 2.10. The lowest BCUT2D eigenvalue weighted by Gasteiger charge is -2.12. The van der Waals surface area contributed by atoms with Gasteiger partial charge in [-0.05, 0) is 12.0 Å². The summed E-state index contributed by atoms with van der Waals surface area (Å²) in [7, 11) is 1.85. The molecule has 0 aliphatic carbocycles. The van der Waals surface area contributed by atoms with Crippen LogP contribution < -0.4 is 10.6 Å². The van der Waals surface area contributed by atoms with Crippen LogP contribution in [0.3, 0.4) is 0 Å². The van der Waals surface area contributed by atoms with Gasteiger partial charge in [0.15, 0.2) is 0 Å². The number of aromatic amines is 1. The molecule has 4 N–H and O–H groups in total. The molecule has 20 heavy (non-hydrogen) atoms. The van der Waals surface area contributed by atoms with Gasteiger partial charge in [-0.1, -0.05) is 13.8 Å². The van der Waals surface area contributed by atoms with Gasteiger partial charge in [0, 0.05) is 37.3 Å². The Hall–Kier alpha value is -2.37. The van der Waals surface area contributed by atoms with E-state index in [0.29, 0.717) is 5.92 Å². The molecule has 0 spiro atoms. The first-order valence-corrected chi connectivity index (χ1v) is 6.61. The van der Waals surface area contributed by atoms with Crippen LogP contribution >= 0.6 is 0 Å². The molecule has 6 heteroatoms. The monoisotopic (exact) mass is 272 g/mol. The number of anilines is 2. The molecule has 0 aromatic carbocycles. The second kappa shape index (κ2) is 6.18. The molecule has 0 unspecified atom stereocenters. The number of hydrogen-bond acceptors (Lipinski definition) is 5. The molecular formula is C14H20N6. The van der Waals surface area contributed by atoms with Crippen molar-refractivity contribution < 1.29 is 0 Å². The topological polar surface area (TPSA) is 89.5 Å². The summed E-state index contributed by atoms with van der Waals surface area (Å²) in [5.74, 6) is 0.533. The van der Waals surface area contributed by atoms with Gasteiger partial charge in [0.05, 0.1) is 17.6 Å².